The van der Waals surface area contributed by atoms with Gasteiger partial charge in [0.25, 0.3) is 0 Å². The van der Waals surface area contributed by atoms with Gasteiger partial charge in [0, 0.05) is 104 Å². The summed E-state index contributed by atoms with van der Waals surface area (Å²) in [6.45, 7) is 3.64. The van der Waals surface area contributed by atoms with E-state index in [0.29, 0.717) is 0 Å². The van der Waals surface area contributed by atoms with E-state index in [2.05, 4.69) is 6.58 Å². The van der Waals surface area contributed by atoms with Gasteiger partial charge in [0.2, 0.25) is 0 Å². The second-order valence-electron chi connectivity index (χ2n) is 2.90. The smallest absolute Gasteiger partial charge is 0.113 e. The van der Waals surface area contributed by atoms with Crippen molar-refractivity contribution >= 4 is 13.3 Å². The fourth-order valence-electron chi connectivity index (χ4n) is 1.05. The minimum atomic E-state index is 0. The summed E-state index contributed by atoms with van der Waals surface area (Å²) in [6.07, 6.45) is 1.74. The Labute approximate surface area is 169 Å². The van der Waals surface area contributed by atoms with Crippen LogP contribution in [0.5, 0.6) is 0 Å². The Bertz CT molecular complexity index is 292. The molecule has 5 heteroatoms. The second kappa shape index (κ2) is 12.6. The maximum atomic E-state index is 5.61. The summed E-state index contributed by atoms with van der Waals surface area (Å²) in [5.41, 5.74) is 8.18. The Hall–Kier alpha value is 2.14. The molecule has 69 valence electrons. The Morgan fingerprint density at radius 3 is 2.33 bits per heavy atom. The van der Waals surface area contributed by atoms with Crippen LogP contribution in [0.1, 0.15) is 12.0 Å². The zero-order valence-corrected chi connectivity index (χ0v) is 17.3. The zero-order chi connectivity index (χ0) is 8.97. The van der Waals surface area contributed by atoms with Crippen molar-refractivity contribution in [3.63, 3.8) is 0 Å². The normalized spacial score (nSPS) is 7.73. The van der Waals surface area contributed by atoms with E-state index in [4.69, 9.17) is 13.6 Å². The molecule has 0 saturated heterocycles. The zero-order valence-electron chi connectivity index (χ0n) is 8.82. The SMILES string of the molecule is [B]c1cccc(CCC(=C)N)c1.[Y].[Y].[Y]. The van der Waals surface area contributed by atoms with Crippen LogP contribution in [-0.2, 0) is 105 Å². The summed E-state index contributed by atoms with van der Waals surface area (Å²) < 4.78 is 0. The van der Waals surface area contributed by atoms with Crippen LogP contribution in [-0.4, -0.2) is 7.85 Å². The first-order valence-corrected chi connectivity index (χ1v) is 3.96. The van der Waals surface area contributed by atoms with Crippen LogP contribution in [0.15, 0.2) is 36.5 Å². The maximum absolute atomic E-state index is 5.61. The van der Waals surface area contributed by atoms with Gasteiger partial charge in [0.15, 0.2) is 0 Å². The van der Waals surface area contributed by atoms with E-state index in [1.165, 1.54) is 5.56 Å². The van der Waals surface area contributed by atoms with Gasteiger partial charge in [-0.25, -0.2) is 0 Å². The molecule has 0 heterocycles. The molecular weight excluding hydrogens is 412 g/mol. The van der Waals surface area contributed by atoms with Gasteiger partial charge in [0.1, 0.15) is 7.85 Å². The molecule has 2 N–H and O–H groups in total. The molecule has 5 radical (unpaired) electrons. The van der Waals surface area contributed by atoms with Crippen molar-refractivity contribution in [2.75, 3.05) is 0 Å². The van der Waals surface area contributed by atoms with Crippen LogP contribution >= 0.6 is 0 Å². The molecule has 0 atom stereocenters. The van der Waals surface area contributed by atoms with Crippen LogP contribution in [0.2, 0.25) is 0 Å². The topological polar surface area (TPSA) is 26.0 Å². The molecule has 1 rings (SSSR count). The Morgan fingerprint density at radius 2 is 1.87 bits per heavy atom. The fraction of sp³-hybridized carbons (Fsp3) is 0.200. The van der Waals surface area contributed by atoms with Crippen molar-refractivity contribution in [1.29, 1.82) is 0 Å². The third-order valence-corrected chi connectivity index (χ3v) is 1.69. The van der Waals surface area contributed by atoms with Crippen LogP contribution in [0.25, 0.3) is 0 Å². The first-order valence-electron chi connectivity index (χ1n) is 3.96. The first kappa shape index (κ1) is 22.3. The van der Waals surface area contributed by atoms with E-state index in [1.54, 1.807) is 0 Å². The maximum Gasteiger partial charge on any atom is 0.113 e. The predicted molar refractivity (Wildman–Crippen MR) is 53.5 cm³/mol. The largest absolute Gasteiger partial charge is 0.403 e. The molecule has 0 amide bonds. The number of nitrogens with two attached hydrogens (primary N) is 1. The minimum absolute atomic E-state index is 0. The average molecular weight is 424 g/mol. The van der Waals surface area contributed by atoms with Crippen molar-refractivity contribution < 1.29 is 98.1 Å². The van der Waals surface area contributed by atoms with Crippen LogP contribution in [0.4, 0.5) is 0 Å². The molecule has 0 aliphatic heterocycles. The number of hydrogen-bond donors (Lipinski definition) is 1. The van der Waals surface area contributed by atoms with E-state index in [-0.39, 0.29) is 98.1 Å². The number of allylic oxidation sites excluding steroid dienone is 1. The molecule has 1 nitrogen and oxygen atoms in total. The molecule has 15 heavy (non-hydrogen) atoms. The van der Waals surface area contributed by atoms with E-state index >= 15 is 0 Å². The molecule has 0 bridgehead atoms. The molecular formula is C10H12BNY3. The predicted octanol–water partition coefficient (Wildman–Crippen LogP) is 0.878. The molecule has 0 fully saturated rings. The second-order valence-corrected chi connectivity index (χ2v) is 2.90. The van der Waals surface area contributed by atoms with Gasteiger partial charge >= 0.3 is 0 Å². The molecule has 1 aromatic carbocycles. The summed E-state index contributed by atoms with van der Waals surface area (Å²) in [7, 11) is 5.61. The number of hydrogen-bond acceptors (Lipinski definition) is 1. The summed E-state index contributed by atoms with van der Waals surface area (Å²) in [5, 5.41) is 0. The van der Waals surface area contributed by atoms with Crippen LogP contribution in [0, 0.1) is 0 Å². The van der Waals surface area contributed by atoms with E-state index in [9.17, 15) is 0 Å². The summed E-state index contributed by atoms with van der Waals surface area (Å²) in [6, 6.07) is 7.83. The molecule has 1 aromatic rings. The van der Waals surface area contributed by atoms with Gasteiger partial charge in [-0.3, -0.25) is 0 Å². The Morgan fingerprint density at radius 1 is 1.27 bits per heavy atom. The molecule has 0 spiro atoms. The van der Waals surface area contributed by atoms with Gasteiger partial charge in [-0.05, 0) is 18.4 Å². The molecule has 0 aliphatic carbocycles. The molecule has 0 saturated carbocycles. The molecule has 0 aromatic heterocycles. The van der Waals surface area contributed by atoms with Gasteiger partial charge in [0.05, 0.1) is 0 Å². The summed E-state index contributed by atoms with van der Waals surface area (Å²) in [4.78, 5) is 0. The van der Waals surface area contributed by atoms with Crippen molar-refractivity contribution in [2.45, 2.75) is 12.8 Å². The van der Waals surface area contributed by atoms with Gasteiger partial charge in [-0.2, -0.15) is 0 Å². The van der Waals surface area contributed by atoms with Crippen LogP contribution < -0.4 is 11.2 Å². The average Bonchev–Trinajstić information content (AvgIpc) is 2.01. The summed E-state index contributed by atoms with van der Waals surface area (Å²) >= 11 is 0. The number of rotatable bonds is 3. The quantitative estimate of drug-likeness (QED) is 0.718. The van der Waals surface area contributed by atoms with E-state index < -0.39 is 0 Å². The molecule has 0 unspecified atom stereocenters. The van der Waals surface area contributed by atoms with E-state index in [1.807, 2.05) is 24.3 Å². The third kappa shape index (κ3) is 11.0. The van der Waals surface area contributed by atoms with E-state index in [0.717, 1.165) is 24.0 Å². The van der Waals surface area contributed by atoms with Gasteiger partial charge in [-0.15, -0.1) is 0 Å². The van der Waals surface area contributed by atoms with Gasteiger partial charge < -0.3 is 5.73 Å². The Kier molecular flexibility index (Phi) is 18.7. The molecule has 0 aliphatic rings. The van der Waals surface area contributed by atoms with Gasteiger partial charge in [-0.1, -0.05) is 36.3 Å². The van der Waals surface area contributed by atoms with Crippen molar-refractivity contribution in [1.82, 2.24) is 0 Å². The third-order valence-electron chi connectivity index (χ3n) is 1.69. The number of aryl methyl sites for hydroxylation is 1. The monoisotopic (exact) mass is 424 g/mol. The number of benzene rings is 1. The fourth-order valence-corrected chi connectivity index (χ4v) is 1.05. The minimum Gasteiger partial charge on any atom is -0.403 e. The standard InChI is InChI=1S/C10H12BN.3Y/c1-8(12)5-6-9-3-2-4-10(11)7-9;;;/h2-4,7H,1,5-6,12H2;;;. The first-order chi connectivity index (χ1) is 5.68. The van der Waals surface area contributed by atoms with Crippen LogP contribution in [0.3, 0.4) is 0 Å². The van der Waals surface area contributed by atoms with Crippen molar-refractivity contribution in [3.05, 3.63) is 42.1 Å². The summed E-state index contributed by atoms with van der Waals surface area (Å²) in [5.74, 6) is 0. The Balaban J connectivity index is -0.000000480. The van der Waals surface area contributed by atoms with Crippen molar-refractivity contribution in [3.8, 4) is 0 Å². The van der Waals surface area contributed by atoms with Crippen molar-refractivity contribution in [2.24, 2.45) is 5.73 Å².